The summed E-state index contributed by atoms with van der Waals surface area (Å²) in [5.41, 5.74) is 4.97. The Balaban J connectivity index is 1.95. The standard InChI is InChI=1S/C22H26/c1-15-13-14-19-20(15)21(16-9-5-4-6-10-16)17-11-7-8-12-18(17)22(19,2)3/h4-12,15,19-21H,13-14H2,1-3H3/t15-,19+,20+,21+/m1/s1. The van der Waals surface area contributed by atoms with Gasteiger partial charge in [-0.1, -0.05) is 81.8 Å². The van der Waals surface area contributed by atoms with Crippen LogP contribution in [0, 0.1) is 17.8 Å². The van der Waals surface area contributed by atoms with E-state index in [2.05, 4.69) is 75.4 Å². The van der Waals surface area contributed by atoms with E-state index in [4.69, 9.17) is 0 Å². The SMILES string of the molecule is C[C@@H]1CC[C@H]2[C@H]1[C@@H](c1ccccc1)c1ccccc1C2(C)C. The van der Waals surface area contributed by atoms with Crippen molar-refractivity contribution in [3.63, 3.8) is 0 Å². The Kier molecular flexibility index (Phi) is 3.18. The summed E-state index contributed by atoms with van der Waals surface area (Å²) in [7, 11) is 0. The summed E-state index contributed by atoms with van der Waals surface area (Å²) in [6, 6.07) is 20.4. The molecule has 0 aromatic heterocycles. The van der Waals surface area contributed by atoms with Crippen LogP contribution in [0.25, 0.3) is 0 Å². The lowest BCUT2D eigenvalue weighted by atomic mass is 9.56. The zero-order valence-corrected chi connectivity index (χ0v) is 13.9. The van der Waals surface area contributed by atoms with Gasteiger partial charge in [0.05, 0.1) is 0 Å². The first-order valence-corrected chi connectivity index (χ1v) is 8.75. The Morgan fingerprint density at radius 2 is 1.55 bits per heavy atom. The molecule has 0 nitrogen and oxygen atoms in total. The molecule has 0 heteroatoms. The highest BCUT2D eigenvalue weighted by molar-refractivity contribution is 5.46. The molecule has 0 bridgehead atoms. The molecule has 0 radical (unpaired) electrons. The minimum Gasteiger partial charge on any atom is -0.0622 e. The van der Waals surface area contributed by atoms with E-state index >= 15 is 0 Å². The number of benzene rings is 2. The molecule has 0 aliphatic heterocycles. The smallest absolute Gasteiger partial charge is 0.0126 e. The third kappa shape index (κ3) is 1.89. The molecule has 2 aromatic rings. The second-order valence-corrected chi connectivity index (χ2v) is 7.94. The van der Waals surface area contributed by atoms with Crippen LogP contribution in [0.15, 0.2) is 54.6 Å². The van der Waals surface area contributed by atoms with Crippen LogP contribution in [-0.2, 0) is 5.41 Å². The average Bonchev–Trinajstić information content (AvgIpc) is 2.92. The second kappa shape index (κ2) is 4.98. The number of hydrogen-bond donors (Lipinski definition) is 0. The van der Waals surface area contributed by atoms with Crippen molar-refractivity contribution in [3.05, 3.63) is 71.3 Å². The van der Waals surface area contributed by atoms with E-state index in [1.54, 1.807) is 11.1 Å². The molecule has 0 spiro atoms. The lowest BCUT2D eigenvalue weighted by Gasteiger charge is -2.48. The van der Waals surface area contributed by atoms with Gasteiger partial charge in [0, 0.05) is 5.92 Å². The summed E-state index contributed by atoms with van der Waals surface area (Å²) in [6.07, 6.45) is 2.77. The molecular formula is C22H26. The van der Waals surface area contributed by atoms with E-state index in [1.165, 1.54) is 18.4 Å². The van der Waals surface area contributed by atoms with Crippen molar-refractivity contribution in [2.75, 3.05) is 0 Å². The lowest BCUT2D eigenvalue weighted by Crippen LogP contribution is -2.41. The summed E-state index contributed by atoms with van der Waals surface area (Å²) in [4.78, 5) is 0. The lowest BCUT2D eigenvalue weighted by molar-refractivity contribution is 0.180. The maximum atomic E-state index is 2.48. The summed E-state index contributed by atoms with van der Waals surface area (Å²) in [6.45, 7) is 7.43. The van der Waals surface area contributed by atoms with Crippen LogP contribution in [0.3, 0.4) is 0 Å². The Hall–Kier alpha value is -1.56. The van der Waals surface area contributed by atoms with Crippen LogP contribution in [0.4, 0.5) is 0 Å². The summed E-state index contributed by atoms with van der Waals surface area (Å²) in [5, 5.41) is 0. The molecule has 1 saturated carbocycles. The highest BCUT2D eigenvalue weighted by Crippen LogP contribution is 2.59. The van der Waals surface area contributed by atoms with Crippen LogP contribution in [0.5, 0.6) is 0 Å². The predicted molar refractivity (Wildman–Crippen MR) is 93.1 cm³/mol. The van der Waals surface area contributed by atoms with E-state index in [0.717, 1.165) is 17.8 Å². The van der Waals surface area contributed by atoms with Gasteiger partial charge in [0.15, 0.2) is 0 Å². The topological polar surface area (TPSA) is 0 Å². The normalized spacial score (nSPS) is 32.3. The van der Waals surface area contributed by atoms with Gasteiger partial charge in [0.25, 0.3) is 0 Å². The molecule has 0 saturated heterocycles. The molecule has 0 unspecified atom stereocenters. The fourth-order valence-electron chi connectivity index (χ4n) is 5.45. The molecule has 114 valence electrons. The van der Waals surface area contributed by atoms with Crippen LogP contribution >= 0.6 is 0 Å². The maximum absolute atomic E-state index is 2.48. The van der Waals surface area contributed by atoms with Gasteiger partial charge in [0.1, 0.15) is 0 Å². The van der Waals surface area contributed by atoms with Crippen LogP contribution in [0.1, 0.15) is 56.2 Å². The average molecular weight is 290 g/mol. The van der Waals surface area contributed by atoms with Crippen molar-refractivity contribution in [1.82, 2.24) is 0 Å². The Morgan fingerprint density at radius 1 is 0.864 bits per heavy atom. The number of rotatable bonds is 1. The van der Waals surface area contributed by atoms with Gasteiger partial charge in [-0.2, -0.15) is 0 Å². The van der Waals surface area contributed by atoms with E-state index in [9.17, 15) is 0 Å². The Morgan fingerprint density at radius 3 is 2.32 bits per heavy atom. The second-order valence-electron chi connectivity index (χ2n) is 7.94. The van der Waals surface area contributed by atoms with E-state index in [0.29, 0.717) is 11.3 Å². The zero-order chi connectivity index (χ0) is 15.3. The van der Waals surface area contributed by atoms with Gasteiger partial charge in [0.2, 0.25) is 0 Å². The number of hydrogen-bond acceptors (Lipinski definition) is 0. The summed E-state index contributed by atoms with van der Waals surface area (Å²) in [5.74, 6) is 2.99. The van der Waals surface area contributed by atoms with Gasteiger partial charge in [-0.05, 0) is 46.3 Å². The van der Waals surface area contributed by atoms with Gasteiger partial charge < -0.3 is 0 Å². The molecule has 4 atom stereocenters. The van der Waals surface area contributed by atoms with Crippen molar-refractivity contribution in [2.45, 2.75) is 44.9 Å². The minimum atomic E-state index is 0.303. The molecular weight excluding hydrogens is 264 g/mol. The van der Waals surface area contributed by atoms with Crippen molar-refractivity contribution in [1.29, 1.82) is 0 Å². The molecule has 2 aliphatic carbocycles. The van der Waals surface area contributed by atoms with Gasteiger partial charge >= 0.3 is 0 Å². The first kappa shape index (κ1) is 14.1. The van der Waals surface area contributed by atoms with E-state index in [1.807, 2.05) is 0 Å². The Labute approximate surface area is 134 Å². The monoisotopic (exact) mass is 290 g/mol. The molecule has 2 aromatic carbocycles. The van der Waals surface area contributed by atoms with Crippen molar-refractivity contribution < 1.29 is 0 Å². The third-order valence-corrected chi connectivity index (χ3v) is 6.52. The predicted octanol–water partition coefficient (Wildman–Crippen LogP) is 5.77. The zero-order valence-electron chi connectivity index (χ0n) is 13.9. The first-order chi connectivity index (χ1) is 10.6. The van der Waals surface area contributed by atoms with Gasteiger partial charge in [-0.3, -0.25) is 0 Å². The van der Waals surface area contributed by atoms with Crippen molar-refractivity contribution >= 4 is 0 Å². The fourth-order valence-corrected chi connectivity index (χ4v) is 5.45. The van der Waals surface area contributed by atoms with Gasteiger partial charge in [-0.25, -0.2) is 0 Å². The summed E-state index contributed by atoms with van der Waals surface area (Å²) < 4.78 is 0. The highest BCUT2D eigenvalue weighted by atomic mass is 14.6. The van der Waals surface area contributed by atoms with Crippen LogP contribution in [-0.4, -0.2) is 0 Å². The minimum absolute atomic E-state index is 0.303. The van der Waals surface area contributed by atoms with Crippen molar-refractivity contribution in [2.24, 2.45) is 17.8 Å². The summed E-state index contributed by atoms with van der Waals surface area (Å²) >= 11 is 0. The molecule has 2 aliphatic rings. The quantitative estimate of drug-likeness (QED) is 0.625. The number of fused-ring (bicyclic) bond motifs is 2. The van der Waals surface area contributed by atoms with E-state index < -0.39 is 0 Å². The molecule has 0 heterocycles. The van der Waals surface area contributed by atoms with E-state index in [-0.39, 0.29) is 0 Å². The molecule has 0 amide bonds. The molecule has 1 fully saturated rings. The Bertz CT molecular complexity index is 667. The molecule has 4 rings (SSSR count). The molecule has 0 N–H and O–H groups in total. The molecule has 22 heavy (non-hydrogen) atoms. The van der Waals surface area contributed by atoms with Crippen molar-refractivity contribution in [3.8, 4) is 0 Å². The fraction of sp³-hybridized carbons (Fsp3) is 0.455. The maximum Gasteiger partial charge on any atom is 0.0126 e. The first-order valence-electron chi connectivity index (χ1n) is 8.75. The van der Waals surface area contributed by atoms with Crippen LogP contribution in [0.2, 0.25) is 0 Å². The van der Waals surface area contributed by atoms with Crippen LogP contribution < -0.4 is 0 Å². The van der Waals surface area contributed by atoms with Gasteiger partial charge in [-0.15, -0.1) is 0 Å². The highest BCUT2D eigenvalue weighted by Gasteiger charge is 2.51. The largest absolute Gasteiger partial charge is 0.0622 e. The third-order valence-electron chi connectivity index (χ3n) is 6.52.